The van der Waals surface area contributed by atoms with Gasteiger partial charge in [0.15, 0.2) is 0 Å². The Balaban J connectivity index is 2.89. The van der Waals surface area contributed by atoms with Crippen molar-refractivity contribution in [1.82, 2.24) is 20.3 Å². The summed E-state index contributed by atoms with van der Waals surface area (Å²) in [5.41, 5.74) is -0.598. The molecule has 15 heavy (non-hydrogen) atoms. The van der Waals surface area contributed by atoms with Crippen LogP contribution in [-0.4, -0.2) is 33.1 Å². The number of hydrogen-bond donors (Lipinski definition) is 2. The number of aromatic nitrogens is 3. The van der Waals surface area contributed by atoms with Gasteiger partial charge in [0.05, 0.1) is 6.20 Å². The maximum atomic E-state index is 11.3. The minimum atomic E-state index is -1.04. The van der Waals surface area contributed by atoms with Crippen LogP contribution in [0.3, 0.4) is 0 Å². The minimum absolute atomic E-state index is 0.151. The highest BCUT2D eigenvalue weighted by atomic mass is 16.3. The number of carbonyl (C=O) groups is 1. The average Bonchev–Trinajstić information content (AvgIpc) is 2.63. The van der Waals surface area contributed by atoms with E-state index in [-0.39, 0.29) is 5.91 Å². The van der Waals surface area contributed by atoms with Crippen molar-refractivity contribution in [1.29, 1.82) is 0 Å². The highest BCUT2D eigenvalue weighted by Gasteiger charge is 2.22. The number of carbonyl (C=O) groups excluding carboxylic acids is 1. The molecule has 1 heterocycles. The molecule has 0 fully saturated rings. The third kappa shape index (κ3) is 2.53. The van der Waals surface area contributed by atoms with E-state index in [4.69, 9.17) is 0 Å². The van der Waals surface area contributed by atoms with E-state index in [2.05, 4.69) is 15.6 Å². The fraction of sp³-hybridized carbons (Fsp3) is 0.667. The molecule has 84 valence electrons. The topological polar surface area (TPSA) is 80.0 Å². The van der Waals surface area contributed by atoms with Crippen molar-refractivity contribution in [2.24, 2.45) is 0 Å². The average molecular weight is 212 g/mol. The van der Waals surface area contributed by atoms with Gasteiger partial charge in [0.25, 0.3) is 0 Å². The molecular weight excluding hydrogens is 196 g/mol. The summed E-state index contributed by atoms with van der Waals surface area (Å²) in [4.78, 5) is 11.3. The summed E-state index contributed by atoms with van der Waals surface area (Å²) >= 11 is 0. The molecule has 0 aliphatic rings. The third-order valence-electron chi connectivity index (χ3n) is 2.16. The van der Waals surface area contributed by atoms with E-state index in [1.54, 1.807) is 34.0 Å². The molecule has 0 aromatic carbocycles. The first-order valence-corrected chi connectivity index (χ1v) is 4.72. The highest BCUT2D eigenvalue weighted by molar-refractivity contribution is 5.79. The molecule has 6 heteroatoms. The van der Waals surface area contributed by atoms with Crippen LogP contribution in [0.5, 0.6) is 0 Å². The number of nitrogens with zero attached hydrogens (tertiary/aromatic N) is 3. The molecule has 1 atom stereocenters. The summed E-state index contributed by atoms with van der Waals surface area (Å²) in [7, 11) is 1.56. The monoisotopic (exact) mass is 212 g/mol. The molecule has 0 saturated carbocycles. The lowest BCUT2D eigenvalue weighted by Gasteiger charge is -2.12. The van der Waals surface area contributed by atoms with Crippen LogP contribution in [0.1, 0.15) is 32.5 Å². The summed E-state index contributed by atoms with van der Waals surface area (Å²) in [6, 6.07) is -0.432. The third-order valence-corrected chi connectivity index (χ3v) is 2.16. The molecule has 0 aliphatic carbocycles. The van der Waals surface area contributed by atoms with Crippen molar-refractivity contribution in [2.45, 2.75) is 32.4 Å². The summed E-state index contributed by atoms with van der Waals surface area (Å²) < 4.78 is 1.42. The maximum Gasteiger partial charge on any atom is 0.244 e. The zero-order chi connectivity index (χ0) is 11.6. The van der Waals surface area contributed by atoms with Crippen molar-refractivity contribution in [3.63, 3.8) is 0 Å². The van der Waals surface area contributed by atoms with Crippen LogP contribution < -0.4 is 5.32 Å². The number of amides is 1. The largest absolute Gasteiger partial charge is 0.384 e. The number of hydrogen-bond acceptors (Lipinski definition) is 4. The standard InChI is InChI=1S/C9H16N4O2/c1-6(8(14)10-4)13-5-7(11-12-13)9(2,3)15/h5-6,15H,1-4H3,(H,10,14). The van der Waals surface area contributed by atoms with E-state index < -0.39 is 11.6 Å². The van der Waals surface area contributed by atoms with Gasteiger partial charge >= 0.3 is 0 Å². The molecule has 6 nitrogen and oxygen atoms in total. The van der Waals surface area contributed by atoms with E-state index in [9.17, 15) is 9.90 Å². The molecule has 1 aromatic rings. The van der Waals surface area contributed by atoms with Gasteiger partial charge in [-0.3, -0.25) is 4.79 Å². The summed E-state index contributed by atoms with van der Waals surface area (Å²) in [6.07, 6.45) is 1.57. The maximum absolute atomic E-state index is 11.3. The van der Waals surface area contributed by atoms with Crippen LogP contribution >= 0.6 is 0 Å². The Morgan fingerprint density at radius 3 is 2.67 bits per heavy atom. The highest BCUT2D eigenvalue weighted by Crippen LogP contribution is 2.17. The van der Waals surface area contributed by atoms with E-state index in [0.29, 0.717) is 5.69 Å². The van der Waals surface area contributed by atoms with E-state index in [0.717, 1.165) is 0 Å². The van der Waals surface area contributed by atoms with E-state index >= 15 is 0 Å². The SMILES string of the molecule is CNC(=O)C(C)n1cc(C(C)(C)O)nn1. The van der Waals surface area contributed by atoms with Gasteiger partial charge in [-0.1, -0.05) is 5.21 Å². The van der Waals surface area contributed by atoms with Crippen molar-refractivity contribution >= 4 is 5.91 Å². The quantitative estimate of drug-likeness (QED) is 0.728. The first-order chi connectivity index (χ1) is 6.86. The number of likely N-dealkylation sites (N-methyl/N-ethyl adjacent to an activating group) is 1. The van der Waals surface area contributed by atoms with Gasteiger partial charge in [0, 0.05) is 7.05 Å². The fourth-order valence-corrected chi connectivity index (χ4v) is 1.08. The lowest BCUT2D eigenvalue weighted by molar-refractivity contribution is -0.123. The van der Waals surface area contributed by atoms with Gasteiger partial charge in [-0.15, -0.1) is 5.10 Å². The van der Waals surface area contributed by atoms with Crippen molar-refractivity contribution in [2.75, 3.05) is 7.05 Å². The van der Waals surface area contributed by atoms with Crippen LogP contribution in [-0.2, 0) is 10.4 Å². The second-order valence-electron chi connectivity index (χ2n) is 3.93. The number of nitrogens with one attached hydrogen (secondary N) is 1. The van der Waals surface area contributed by atoms with Gasteiger partial charge in [-0.05, 0) is 20.8 Å². The lowest BCUT2D eigenvalue weighted by atomic mass is 10.1. The molecule has 1 rings (SSSR count). The Bertz CT molecular complexity index is 353. The van der Waals surface area contributed by atoms with Gasteiger partial charge < -0.3 is 10.4 Å². The first-order valence-electron chi connectivity index (χ1n) is 4.72. The van der Waals surface area contributed by atoms with Crippen LogP contribution in [0.2, 0.25) is 0 Å². The minimum Gasteiger partial charge on any atom is -0.384 e. The predicted molar refractivity (Wildman–Crippen MR) is 54.0 cm³/mol. The second kappa shape index (κ2) is 3.98. The number of aliphatic hydroxyl groups is 1. The Morgan fingerprint density at radius 2 is 2.27 bits per heavy atom. The Morgan fingerprint density at radius 1 is 1.67 bits per heavy atom. The Hall–Kier alpha value is -1.43. The number of rotatable bonds is 3. The molecule has 1 unspecified atom stereocenters. The molecule has 1 amide bonds. The zero-order valence-corrected chi connectivity index (χ0v) is 9.35. The molecule has 0 spiro atoms. The van der Waals surface area contributed by atoms with E-state index in [1.165, 1.54) is 4.68 Å². The molecule has 1 aromatic heterocycles. The van der Waals surface area contributed by atoms with Crippen LogP contribution in [0.15, 0.2) is 6.20 Å². The Labute approximate surface area is 88.3 Å². The van der Waals surface area contributed by atoms with Gasteiger partial charge in [0.2, 0.25) is 5.91 Å². The van der Waals surface area contributed by atoms with Gasteiger partial charge in [-0.2, -0.15) is 0 Å². The molecule has 0 saturated heterocycles. The van der Waals surface area contributed by atoms with Crippen LogP contribution in [0.25, 0.3) is 0 Å². The molecule has 0 bridgehead atoms. The molecule has 0 aliphatic heterocycles. The van der Waals surface area contributed by atoms with Crippen molar-refractivity contribution < 1.29 is 9.90 Å². The lowest BCUT2D eigenvalue weighted by Crippen LogP contribution is -2.28. The van der Waals surface area contributed by atoms with Crippen LogP contribution in [0, 0.1) is 0 Å². The zero-order valence-electron chi connectivity index (χ0n) is 9.35. The summed E-state index contributed by atoms with van der Waals surface area (Å²) in [5, 5.41) is 19.8. The van der Waals surface area contributed by atoms with E-state index in [1.807, 2.05) is 0 Å². The van der Waals surface area contributed by atoms with Crippen molar-refractivity contribution in [3.05, 3.63) is 11.9 Å². The smallest absolute Gasteiger partial charge is 0.244 e. The van der Waals surface area contributed by atoms with Gasteiger partial charge in [0.1, 0.15) is 17.3 Å². The molecule has 0 radical (unpaired) electrons. The first kappa shape index (κ1) is 11.6. The fourth-order valence-electron chi connectivity index (χ4n) is 1.08. The summed E-state index contributed by atoms with van der Waals surface area (Å²) in [5.74, 6) is -0.151. The van der Waals surface area contributed by atoms with Gasteiger partial charge in [-0.25, -0.2) is 4.68 Å². The van der Waals surface area contributed by atoms with Crippen LogP contribution in [0.4, 0.5) is 0 Å². The normalized spacial score (nSPS) is 13.7. The summed E-state index contributed by atoms with van der Waals surface area (Å²) in [6.45, 7) is 4.94. The molecule has 2 N–H and O–H groups in total. The molecular formula is C9H16N4O2. The Kier molecular flexibility index (Phi) is 3.09. The predicted octanol–water partition coefficient (Wildman–Crippen LogP) is -0.188. The van der Waals surface area contributed by atoms with Crippen molar-refractivity contribution in [3.8, 4) is 0 Å². The second-order valence-corrected chi connectivity index (χ2v) is 3.93.